The number of halogens is 1. The molecule has 2 aliphatic rings. The van der Waals surface area contributed by atoms with Crippen LogP contribution in [0.5, 0.6) is 5.75 Å². The van der Waals surface area contributed by atoms with Gasteiger partial charge in [-0.2, -0.15) is 4.98 Å². The van der Waals surface area contributed by atoms with Crippen LogP contribution in [0.25, 0.3) is 11.0 Å². The van der Waals surface area contributed by atoms with Crippen molar-refractivity contribution in [3.05, 3.63) is 41.5 Å². The Bertz CT molecular complexity index is 1140. The summed E-state index contributed by atoms with van der Waals surface area (Å²) in [4.78, 5) is 26.7. The summed E-state index contributed by atoms with van der Waals surface area (Å²) in [6.45, 7) is 2.59. The van der Waals surface area contributed by atoms with E-state index in [-0.39, 0.29) is 17.6 Å². The first-order chi connectivity index (χ1) is 15.6. The third kappa shape index (κ3) is 4.12. The molecule has 2 fully saturated rings. The molecule has 3 heterocycles. The van der Waals surface area contributed by atoms with Gasteiger partial charge in [-0.15, -0.1) is 0 Å². The molecule has 0 bridgehead atoms. The number of rotatable bonds is 5. The Morgan fingerprint density at radius 2 is 2.12 bits per heavy atom. The van der Waals surface area contributed by atoms with Gasteiger partial charge in [0, 0.05) is 37.4 Å². The van der Waals surface area contributed by atoms with Crippen LogP contribution in [-0.2, 0) is 4.74 Å². The summed E-state index contributed by atoms with van der Waals surface area (Å²) >= 11 is 0. The van der Waals surface area contributed by atoms with E-state index in [1.54, 1.807) is 25.3 Å². The van der Waals surface area contributed by atoms with Crippen molar-refractivity contribution < 1.29 is 18.7 Å². The van der Waals surface area contributed by atoms with Crippen molar-refractivity contribution in [1.82, 2.24) is 19.9 Å². The van der Waals surface area contributed by atoms with Gasteiger partial charge in [0.15, 0.2) is 5.82 Å². The predicted molar refractivity (Wildman–Crippen MR) is 118 cm³/mol. The largest absolute Gasteiger partial charge is 0.495 e. The molecule has 2 N–H and O–H groups in total. The van der Waals surface area contributed by atoms with Gasteiger partial charge in [-0.25, -0.2) is 9.37 Å². The molecule has 1 aromatic carbocycles. The first kappa shape index (κ1) is 20.7. The second-order valence-corrected chi connectivity index (χ2v) is 8.22. The van der Waals surface area contributed by atoms with Gasteiger partial charge in [-0.3, -0.25) is 4.79 Å². The fraction of sp³-hybridized carbons (Fsp3) is 0.435. The Morgan fingerprint density at radius 3 is 2.94 bits per heavy atom. The SMILES string of the molecule is COc1cc(C(=O)N2CCCCOCC2)ccc1Nc1nc(C2CC2)c2c(F)c[nH]c2n1. The molecule has 8 nitrogen and oxygen atoms in total. The number of anilines is 2. The van der Waals surface area contributed by atoms with Crippen LogP contribution in [0.15, 0.2) is 24.4 Å². The van der Waals surface area contributed by atoms with Gasteiger partial charge in [0.1, 0.15) is 11.4 Å². The number of nitrogens with zero attached hydrogens (tertiary/aromatic N) is 3. The van der Waals surface area contributed by atoms with Crippen LogP contribution in [0.1, 0.15) is 47.7 Å². The number of hydrogen-bond donors (Lipinski definition) is 2. The number of aromatic amines is 1. The lowest BCUT2D eigenvalue weighted by Gasteiger charge is -2.25. The summed E-state index contributed by atoms with van der Waals surface area (Å²) in [5.41, 5.74) is 2.37. The Hall–Kier alpha value is -3.20. The number of ether oxygens (including phenoxy) is 2. The monoisotopic (exact) mass is 439 g/mol. The van der Waals surface area contributed by atoms with Crippen LogP contribution in [0, 0.1) is 5.82 Å². The van der Waals surface area contributed by atoms with Crippen molar-refractivity contribution in [2.24, 2.45) is 0 Å². The molecule has 0 radical (unpaired) electrons. The zero-order valence-electron chi connectivity index (χ0n) is 18.0. The second-order valence-electron chi connectivity index (χ2n) is 8.22. The van der Waals surface area contributed by atoms with Crippen LogP contribution in [0.2, 0.25) is 0 Å². The minimum atomic E-state index is -0.330. The standard InChI is InChI=1S/C23H26FN5O3/c1-31-18-12-15(22(30)29-8-2-3-10-32-11-9-29)6-7-17(18)26-23-27-20(14-4-5-14)19-16(24)13-25-21(19)28-23/h6-7,12-14H,2-5,8-11H2,1H3,(H2,25,26,27,28). The number of fused-ring (bicyclic) bond motifs is 1. The van der Waals surface area contributed by atoms with Gasteiger partial charge in [-0.1, -0.05) is 0 Å². The van der Waals surface area contributed by atoms with Gasteiger partial charge >= 0.3 is 0 Å². The fourth-order valence-electron chi connectivity index (χ4n) is 4.06. The summed E-state index contributed by atoms with van der Waals surface area (Å²) in [6, 6.07) is 5.27. The number of nitrogens with one attached hydrogen (secondary N) is 2. The van der Waals surface area contributed by atoms with Gasteiger partial charge in [-0.05, 0) is 43.9 Å². The molecule has 0 atom stereocenters. The molecule has 9 heteroatoms. The highest BCUT2D eigenvalue weighted by Crippen LogP contribution is 2.43. The van der Waals surface area contributed by atoms with Crippen LogP contribution < -0.4 is 10.1 Å². The number of carbonyl (C=O) groups excluding carboxylic acids is 1. The van der Waals surface area contributed by atoms with Crippen molar-refractivity contribution in [2.75, 3.05) is 38.7 Å². The topological polar surface area (TPSA) is 92.4 Å². The van der Waals surface area contributed by atoms with Crippen LogP contribution in [0.4, 0.5) is 16.0 Å². The van der Waals surface area contributed by atoms with Crippen molar-refractivity contribution >= 4 is 28.6 Å². The highest BCUT2D eigenvalue weighted by atomic mass is 19.1. The molecule has 0 spiro atoms. The number of benzene rings is 1. The normalized spacial score (nSPS) is 17.1. The lowest BCUT2D eigenvalue weighted by molar-refractivity contribution is 0.0553. The van der Waals surface area contributed by atoms with E-state index in [0.29, 0.717) is 47.1 Å². The molecule has 3 aromatic rings. The summed E-state index contributed by atoms with van der Waals surface area (Å²) < 4.78 is 25.3. The second kappa shape index (κ2) is 8.74. The summed E-state index contributed by atoms with van der Waals surface area (Å²) in [5.74, 6) is 0.752. The Morgan fingerprint density at radius 1 is 1.25 bits per heavy atom. The highest BCUT2D eigenvalue weighted by molar-refractivity contribution is 5.95. The Labute approximate surface area is 185 Å². The van der Waals surface area contributed by atoms with Crippen molar-refractivity contribution in [3.8, 4) is 5.75 Å². The number of methoxy groups -OCH3 is 1. The fourth-order valence-corrected chi connectivity index (χ4v) is 4.06. The van der Waals surface area contributed by atoms with E-state index in [1.165, 1.54) is 6.20 Å². The van der Waals surface area contributed by atoms with Gasteiger partial charge < -0.3 is 24.7 Å². The average Bonchev–Trinajstić information content (AvgIpc) is 3.56. The van der Waals surface area contributed by atoms with E-state index in [1.807, 2.05) is 4.90 Å². The van der Waals surface area contributed by atoms with Crippen LogP contribution >= 0.6 is 0 Å². The van der Waals surface area contributed by atoms with Crippen molar-refractivity contribution in [1.29, 1.82) is 0 Å². The van der Waals surface area contributed by atoms with E-state index in [4.69, 9.17) is 9.47 Å². The molecule has 1 amide bonds. The number of hydrogen-bond acceptors (Lipinski definition) is 6. The third-order valence-corrected chi connectivity index (χ3v) is 5.93. The molecule has 2 aromatic heterocycles. The third-order valence-electron chi connectivity index (χ3n) is 5.93. The number of aromatic nitrogens is 3. The Balaban J connectivity index is 1.40. The predicted octanol–water partition coefficient (Wildman–Crippen LogP) is 3.98. The number of H-pyrrole nitrogens is 1. The van der Waals surface area contributed by atoms with Gasteiger partial charge in [0.25, 0.3) is 5.91 Å². The maximum atomic E-state index is 14.2. The summed E-state index contributed by atoms with van der Waals surface area (Å²) in [7, 11) is 1.55. The molecule has 1 saturated heterocycles. The zero-order valence-corrected chi connectivity index (χ0v) is 18.0. The molecular weight excluding hydrogens is 413 g/mol. The Kier molecular flexibility index (Phi) is 5.65. The summed E-state index contributed by atoms with van der Waals surface area (Å²) in [6.07, 6.45) is 5.18. The van der Waals surface area contributed by atoms with Crippen molar-refractivity contribution in [3.63, 3.8) is 0 Å². The maximum absolute atomic E-state index is 14.2. The zero-order chi connectivity index (χ0) is 22.1. The quantitative estimate of drug-likeness (QED) is 0.625. The lowest BCUT2D eigenvalue weighted by Crippen LogP contribution is -2.36. The molecule has 1 aliphatic heterocycles. The smallest absolute Gasteiger partial charge is 0.254 e. The first-order valence-electron chi connectivity index (χ1n) is 11.0. The van der Waals surface area contributed by atoms with Gasteiger partial charge in [0.2, 0.25) is 5.95 Å². The molecule has 5 rings (SSSR count). The average molecular weight is 439 g/mol. The van der Waals surface area contributed by atoms with E-state index in [9.17, 15) is 9.18 Å². The molecule has 32 heavy (non-hydrogen) atoms. The summed E-state index contributed by atoms with van der Waals surface area (Å²) in [5, 5.41) is 3.64. The van der Waals surface area contributed by atoms with E-state index in [0.717, 1.165) is 44.5 Å². The molecule has 168 valence electrons. The minimum Gasteiger partial charge on any atom is -0.495 e. The molecule has 1 saturated carbocycles. The number of carbonyl (C=O) groups is 1. The van der Waals surface area contributed by atoms with Crippen molar-refractivity contribution in [2.45, 2.75) is 31.6 Å². The maximum Gasteiger partial charge on any atom is 0.254 e. The van der Waals surface area contributed by atoms with E-state index >= 15 is 0 Å². The molecule has 0 unspecified atom stereocenters. The van der Waals surface area contributed by atoms with Gasteiger partial charge in [0.05, 0.1) is 30.5 Å². The van der Waals surface area contributed by atoms with E-state index in [2.05, 4.69) is 20.3 Å². The highest BCUT2D eigenvalue weighted by Gasteiger charge is 2.30. The minimum absolute atomic E-state index is 0.0455. The van der Waals surface area contributed by atoms with Crippen LogP contribution in [0.3, 0.4) is 0 Å². The van der Waals surface area contributed by atoms with Crippen LogP contribution in [-0.4, -0.2) is 59.2 Å². The molecule has 1 aliphatic carbocycles. The van der Waals surface area contributed by atoms with E-state index < -0.39 is 0 Å². The number of amides is 1. The molecular formula is C23H26FN5O3. The lowest BCUT2D eigenvalue weighted by atomic mass is 10.1. The first-order valence-corrected chi connectivity index (χ1v) is 11.0.